The van der Waals surface area contributed by atoms with Crippen LogP contribution in [-0.4, -0.2) is 43.7 Å². The SMILES string of the molecule is Cc1cc(=O)n2c(=O)n1CCCCCCCCCCSc1nc(cc(C)[n+]1C)NCCCCCCCNc1cc(C)[n+](C)c(n1)SCCCCCCCCCC2. The van der Waals surface area contributed by atoms with Gasteiger partial charge in [0.2, 0.25) is 11.6 Å². The second kappa shape index (κ2) is 26.2. The van der Waals surface area contributed by atoms with Crippen molar-refractivity contribution < 1.29 is 9.13 Å². The van der Waals surface area contributed by atoms with Crippen molar-refractivity contribution in [3.8, 4) is 0 Å². The van der Waals surface area contributed by atoms with Crippen LogP contribution in [0, 0.1) is 20.8 Å². The topological polar surface area (TPSA) is 102 Å². The molecule has 4 rings (SSSR count). The third kappa shape index (κ3) is 16.2. The molecular weight excluding hydrogens is 737 g/mol. The van der Waals surface area contributed by atoms with Gasteiger partial charge in [-0.3, -0.25) is 13.9 Å². The zero-order valence-corrected chi connectivity index (χ0v) is 37.3. The lowest BCUT2D eigenvalue weighted by Gasteiger charge is -2.13. The number of aryl methyl sites for hydroxylation is 3. The third-order valence-corrected chi connectivity index (χ3v) is 13.5. The maximum atomic E-state index is 13.3. The number of nitrogens with one attached hydrogen (secondary N) is 2. The van der Waals surface area contributed by atoms with Crippen molar-refractivity contribution >= 4 is 35.2 Å². The van der Waals surface area contributed by atoms with Gasteiger partial charge in [0, 0.05) is 61.6 Å². The van der Waals surface area contributed by atoms with E-state index in [1.165, 1.54) is 106 Å². The lowest BCUT2D eigenvalue weighted by Crippen LogP contribution is -2.40. The van der Waals surface area contributed by atoms with E-state index >= 15 is 0 Å². The molecule has 12 heteroatoms. The predicted octanol–water partition coefficient (Wildman–Crippen LogP) is 8.99. The minimum absolute atomic E-state index is 0.130. The average Bonchev–Trinajstić information content (AvgIpc) is 3.17. The van der Waals surface area contributed by atoms with Gasteiger partial charge in [-0.05, 0) is 92.8 Å². The van der Waals surface area contributed by atoms with Crippen LogP contribution in [0.1, 0.15) is 152 Å². The van der Waals surface area contributed by atoms with Crippen molar-refractivity contribution in [3.63, 3.8) is 0 Å². The first-order valence-electron chi connectivity index (χ1n) is 22.0. The maximum Gasteiger partial charge on any atom is 0.361 e. The smallest absolute Gasteiger partial charge is 0.349 e. The van der Waals surface area contributed by atoms with Crippen LogP contribution in [-0.2, 0) is 27.2 Å². The summed E-state index contributed by atoms with van der Waals surface area (Å²) in [6, 6.07) is 5.98. The fourth-order valence-corrected chi connectivity index (χ4v) is 9.42. The molecule has 0 saturated heterocycles. The monoisotopic (exact) mass is 811 g/mol. The van der Waals surface area contributed by atoms with E-state index in [0.717, 1.165) is 97.2 Å². The Morgan fingerprint density at radius 3 is 1.34 bits per heavy atom. The summed E-state index contributed by atoms with van der Waals surface area (Å²) >= 11 is 3.73. The molecule has 3 aromatic rings. The molecule has 2 N–H and O–H groups in total. The summed E-state index contributed by atoms with van der Waals surface area (Å²) in [4.78, 5) is 35.9. The van der Waals surface area contributed by atoms with Crippen molar-refractivity contribution in [2.75, 3.05) is 35.2 Å². The quantitative estimate of drug-likeness (QED) is 0.172. The van der Waals surface area contributed by atoms with Crippen molar-refractivity contribution in [1.29, 1.82) is 0 Å². The Balaban J connectivity index is 1.26. The van der Waals surface area contributed by atoms with Crippen LogP contribution in [0.15, 0.2) is 38.1 Å². The first kappa shape index (κ1) is 45.8. The van der Waals surface area contributed by atoms with E-state index in [1.54, 1.807) is 6.07 Å². The molecular formula is C44H74N8O2S2+2. The second-order valence-electron chi connectivity index (χ2n) is 15.9. The highest BCUT2D eigenvalue weighted by atomic mass is 32.2. The Morgan fingerprint density at radius 1 is 0.518 bits per heavy atom. The Kier molecular flexibility index (Phi) is 21.4. The fourth-order valence-electron chi connectivity index (χ4n) is 7.36. The Morgan fingerprint density at radius 2 is 0.893 bits per heavy atom. The standard InChI is InChI=1S/C44H72N8O2S2/c1-36-33-39-45-27-21-15-14-16-22-28-46-40-34-37(2)50(5)43(48-40)56-32-26-20-13-9-7-11-18-24-30-52-41(53)35-38(3)51(44(52)54)29-23-17-10-6-8-12-19-25-31-55-42(47-39)49(36)4/h33-35H,6-32H2,1-5H3/p+2. The van der Waals surface area contributed by atoms with Gasteiger partial charge in [0.15, 0.2) is 0 Å². The number of nitrogens with zero attached hydrogens (tertiary/aromatic N) is 6. The minimum Gasteiger partial charge on any atom is -0.349 e. The molecule has 312 valence electrons. The number of aromatic nitrogens is 6. The molecule has 0 spiro atoms. The van der Waals surface area contributed by atoms with Crippen LogP contribution >= 0.6 is 23.5 Å². The van der Waals surface area contributed by atoms with E-state index in [-0.39, 0.29) is 11.2 Å². The van der Waals surface area contributed by atoms with Crippen molar-refractivity contribution in [2.24, 2.45) is 14.1 Å². The van der Waals surface area contributed by atoms with Crippen molar-refractivity contribution in [3.05, 3.63) is 56.1 Å². The first-order valence-corrected chi connectivity index (χ1v) is 24.0. The average molecular weight is 811 g/mol. The van der Waals surface area contributed by atoms with Gasteiger partial charge in [-0.25, -0.2) is 13.9 Å². The number of hydrogen-bond acceptors (Lipinski definition) is 8. The summed E-state index contributed by atoms with van der Waals surface area (Å²) in [6.45, 7) is 9.35. The van der Waals surface area contributed by atoms with Gasteiger partial charge in [-0.2, -0.15) is 0 Å². The van der Waals surface area contributed by atoms with E-state index in [1.807, 2.05) is 35.0 Å². The van der Waals surface area contributed by atoms with Crippen LogP contribution in [0.3, 0.4) is 0 Å². The van der Waals surface area contributed by atoms with Crippen LogP contribution < -0.4 is 31.0 Å². The summed E-state index contributed by atoms with van der Waals surface area (Å²) in [5, 5.41) is 9.36. The molecule has 0 unspecified atom stereocenters. The fraction of sp³-hybridized carbons (Fsp3) is 0.727. The molecule has 4 heterocycles. The molecule has 3 aromatic heterocycles. The Hall–Kier alpha value is -2.86. The summed E-state index contributed by atoms with van der Waals surface area (Å²) in [6.07, 6.45) is 24.8. The zero-order chi connectivity index (χ0) is 40.0. The normalized spacial score (nSPS) is 18.2. The van der Waals surface area contributed by atoms with Gasteiger partial charge in [0.25, 0.3) is 5.56 Å². The summed E-state index contributed by atoms with van der Waals surface area (Å²) in [5.74, 6) is 4.15. The highest BCUT2D eigenvalue weighted by molar-refractivity contribution is 7.99. The number of rotatable bonds is 0. The van der Waals surface area contributed by atoms with Gasteiger partial charge in [-0.15, -0.1) is 0 Å². The molecule has 6 bridgehead atoms. The molecule has 56 heavy (non-hydrogen) atoms. The van der Waals surface area contributed by atoms with Gasteiger partial charge >= 0.3 is 16.0 Å². The van der Waals surface area contributed by atoms with E-state index in [9.17, 15) is 9.59 Å². The molecule has 0 aliphatic carbocycles. The molecule has 0 saturated carbocycles. The number of hydrogen-bond donors (Lipinski definition) is 2. The lowest BCUT2D eigenvalue weighted by molar-refractivity contribution is -0.718. The molecule has 0 atom stereocenters. The van der Waals surface area contributed by atoms with Crippen LogP contribution in [0.5, 0.6) is 0 Å². The molecule has 0 aromatic carbocycles. The highest BCUT2D eigenvalue weighted by Crippen LogP contribution is 2.20. The van der Waals surface area contributed by atoms with Crippen LogP contribution in [0.2, 0.25) is 0 Å². The van der Waals surface area contributed by atoms with E-state index in [2.05, 4.69) is 59.8 Å². The Labute approximate surface area is 346 Å². The van der Waals surface area contributed by atoms with Gasteiger partial charge in [0.05, 0.1) is 14.1 Å². The molecule has 0 fully saturated rings. The van der Waals surface area contributed by atoms with Gasteiger partial charge in [0.1, 0.15) is 11.4 Å². The second-order valence-corrected chi connectivity index (χ2v) is 18.1. The highest BCUT2D eigenvalue weighted by Gasteiger charge is 2.17. The van der Waals surface area contributed by atoms with E-state index < -0.39 is 0 Å². The molecule has 1 aliphatic heterocycles. The largest absolute Gasteiger partial charge is 0.361 e. The molecule has 0 radical (unpaired) electrons. The molecule has 1 aliphatic rings. The minimum atomic E-state index is -0.154. The number of anilines is 2. The predicted molar refractivity (Wildman–Crippen MR) is 235 cm³/mol. The first-order chi connectivity index (χ1) is 27.2. The van der Waals surface area contributed by atoms with Crippen molar-refractivity contribution in [1.82, 2.24) is 19.1 Å². The lowest BCUT2D eigenvalue weighted by atomic mass is 10.1. The van der Waals surface area contributed by atoms with E-state index in [0.29, 0.717) is 13.1 Å². The zero-order valence-electron chi connectivity index (χ0n) is 35.6. The number of thioether (sulfide) groups is 2. The van der Waals surface area contributed by atoms with Gasteiger partial charge < -0.3 is 10.6 Å². The molecule has 10 nitrogen and oxygen atoms in total. The Bertz CT molecular complexity index is 1730. The molecule has 0 amide bonds. The van der Waals surface area contributed by atoms with Crippen molar-refractivity contribution in [2.45, 2.75) is 179 Å². The van der Waals surface area contributed by atoms with Gasteiger partial charge in [-0.1, -0.05) is 96.3 Å². The van der Waals surface area contributed by atoms with Crippen LogP contribution in [0.4, 0.5) is 11.6 Å². The number of fused-ring (bicyclic) bond motifs is 6. The summed E-state index contributed by atoms with van der Waals surface area (Å²) in [5.41, 5.74) is 2.95. The van der Waals surface area contributed by atoms with Crippen LogP contribution in [0.25, 0.3) is 0 Å². The third-order valence-electron chi connectivity index (χ3n) is 11.2. The summed E-state index contributed by atoms with van der Waals surface area (Å²) in [7, 11) is 4.24. The van der Waals surface area contributed by atoms with E-state index in [4.69, 9.17) is 9.97 Å². The maximum absolute atomic E-state index is 13.3. The summed E-state index contributed by atoms with van der Waals surface area (Å²) < 4.78 is 7.71.